The summed E-state index contributed by atoms with van der Waals surface area (Å²) < 4.78 is 0. The van der Waals surface area contributed by atoms with E-state index in [0.717, 1.165) is 5.56 Å². The van der Waals surface area contributed by atoms with Crippen LogP contribution in [0.4, 0.5) is 0 Å². The predicted molar refractivity (Wildman–Crippen MR) is 75.1 cm³/mol. The van der Waals surface area contributed by atoms with Crippen molar-refractivity contribution in [2.45, 2.75) is 25.3 Å². The highest BCUT2D eigenvalue weighted by Crippen LogP contribution is 2.17. The Kier molecular flexibility index (Phi) is 4.27. The van der Waals surface area contributed by atoms with Crippen LogP contribution in [-0.2, 0) is 16.0 Å². The van der Waals surface area contributed by atoms with E-state index in [1.807, 2.05) is 30.3 Å². The molecule has 0 aliphatic carbocycles. The highest BCUT2D eigenvalue weighted by atomic mass is 32.1. The summed E-state index contributed by atoms with van der Waals surface area (Å²) in [4.78, 5) is 25.0. The molecule has 1 saturated heterocycles. The third-order valence-electron chi connectivity index (χ3n) is 3.24. The number of amides is 1. The fourth-order valence-corrected chi connectivity index (χ4v) is 2.57. The van der Waals surface area contributed by atoms with Crippen LogP contribution >= 0.6 is 12.2 Å². The van der Waals surface area contributed by atoms with Crippen molar-refractivity contribution in [2.75, 3.05) is 6.54 Å². The zero-order valence-corrected chi connectivity index (χ0v) is 11.2. The molecule has 0 aromatic heterocycles. The number of aliphatic carboxylic acids is 1. The Hall–Kier alpha value is -1.75. The van der Waals surface area contributed by atoms with Crippen molar-refractivity contribution >= 4 is 29.0 Å². The molecule has 1 fully saturated rings. The van der Waals surface area contributed by atoms with Crippen molar-refractivity contribution < 1.29 is 14.7 Å². The number of hydrogen-bond acceptors (Lipinski definition) is 3. The lowest BCUT2D eigenvalue weighted by Gasteiger charge is -2.21. The predicted octanol–water partition coefficient (Wildman–Crippen LogP) is 1.67. The maximum absolute atomic E-state index is 12.1. The number of nitrogens with zero attached hydrogens (tertiary/aromatic N) is 1. The van der Waals surface area contributed by atoms with Gasteiger partial charge in [-0.3, -0.25) is 4.79 Å². The summed E-state index contributed by atoms with van der Waals surface area (Å²) in [5.74, 6) is -1.17. The van der Waals surface area contributed by atoms with Crippen molar-refractivity contribution in [1.29, 1.82) is 0 Å². The van der Waals surface area contributed by atoms with Crippen LogP contribution in [0.25, 0.3) is 0 Å². The van der Waals surface area contributed by atoms with Crippen LogP contribution in [0.5, 0.6) is 0 Å². The SMILES string of the molecule is O=C(O)[C@@H]1C(=S)CCN1C(=O)CCc1ccccc1. The molecule has 2 rings (SSSR count). The van der Waals surface area contributed by atoms with Gasteiger partial charge in [-0.1, -0.05) is 42.5 Å². The lowest BCUT2D eigenvalue weighted by Crippen LogP contribution is -2.43. The van der Waals surface area contributed by atoms with Gasteiger partial charge in [0.15, 0.2) is 6.04 Å². The number of thiocarbonyl (C=S) groups is 1. The van der Waals surface area contributed by atoms with Gasteiger partial charge in [0.25, 0.3) is 0 Å². The molecule has 5 heteroatoms. The van der Waals surface area contributed by atoms with Gasteiger partial charge in [-0.25, -0.2) is 4.79 Å². The average molecular weight is 277 g/mol. The van der Waals surface area contributed by atoms with Crippen LogP contribution in [0.3, 0.4) is 0 Å². The topological polar surface area (TPSA) is 57.6 Å². The molecule has 4 nitrogen and oxygen atoms in total. The second-order valence-corrected chi connectivity index (χ2v) is 5.05. The van der Waals surface area contributed by atoms with E-state index in [-0.39, 0.29) is 5.91 Å². The molecule has 1 atom stereocenters. The summed E-state index contributed by atoms with van der Waals surface area (Å²) in [5, 5.41) is 9.11. The highest BCUT2D eigenvalue weighted by molar-refractivity contribution is 7.80. The van der Waals surface area contributed by atoms with Gasteiger partial charge in [-0.2, -0.15) is 0 Å². The van der Waals surface area contributed by atoms with Crippen molar-refractivity contribution in [3.05, 3.63) is 35.9 Å². The van der Waals surface area contributed by atoms with Crippen LogP contribution in [0.15, 0.2) is 30.3 Å². The molecule has 1 aliphatic rings. The Bertz CT molecular complexity index is 501. The maximum Gasteiger partial charge on any atom is 0.331 e. The zero-order chi connectivity index (χ0) is 13.8. The van der Waals surface area contributed by atoms with Crippen LogP contribution < -0.4 is 0 Å². The number of likely N-dealkylation sites (tertiary alicyclic amines) is 1. The number of carboxylic acid groups (broad SMARTS) is 1. The number of carbonyl (C=O) groups is 2. The van der Waals surface area contributed by atoms with Crippen molar-refractivity contribution in [3.8, 4) is 0 Å². The second kappa shape index (κ2) is 5.93. The van der Waals surface area contributed by atoms with Gasteiger partial charge < -0.3 is 10.0 Å². The van der Waals surface area contributed by atoms with E-state index >= 15 is 0 Å². The third-order valence-corrected chi connectivity index (χ3v) is 3.67. The van der Waals surface area contributed by atoms with E-state index < -0.39 is 12.0 Å². The first-order valence-electron chi connectivity index (χ1n) is 6.18. The number of carbonyl (C=O) groups excluding carboxylic acids is 1. The number of hydrogen-bond donors (Lipinski definition) is 1. The Morgan fingerprint density at radius 2 is 2.00 bits per heavy atom. The van der Waals surface area contributed by atoms with E-state index in [1.165, 1.54) is 4.90 Å². The fourth-order valence-electron chi connectivity index (χ4n) is 2.25. The zero-order valence-electron chi connectivity index (χ0n) is 10.4. The number of carboxylic acids is 1. The Morgan fingerprint density at radius 3 is 2.63 bits per heavy atom. The molecule has 0 radical (unpaired) electrons. The Morgan fingerprint density at radius 1 is 1.32 bits per heavy atom. The Balaban J connectivity index is 1.96. The molecule has 0 bridgehead atoms. The molecule has 1 amide bonds. The minimum Gasteiger partial charge on any atom is -0.479 e. The maximum atomic E-state index is 12.1. The van der Waals surface area contributed by atoms with Gasteiger partial charge in [0.1, 0.15) is 0 Å². The molecular formula is C14H15NO3S. The first-order chi connectivity index (χ1) is 9.09. The molecule has 1 N–H and O–H groups in total. The molecular weight excluding hydrogens is 262 g/mol. The van der Waals surface area contributed by atoms with Gasteiger partial charge in [0.2, 0.25) is 5.91 Å². The number of aryl methyl sites for hydroxylation is 1. The lowest BCUT2D eigenvalue weighted by molar-refractivity contribution is -0.146. The van der Waals surface area contributed by atoms with Crippen molar-refractivity contribution in [1.82, 2.24) is 4.90 Å². The molecule has 1 heterocycles. The van der Waals surface area contributed by atoms with Crippen LogP contribution in [0, 0.1) is 0 Å². The summed E-state index contributed by atoms with van der Waals surface area (Å²) in [6.45, 7) is 0.420. The van der Waals surface area contributed by atoms with Gasteiger partial charge >= 0.3 is 5.97 Å². The summed E-state index contributed by atoms with van der Waals surface area (Å²) >= 11 is 5.02. The minimum atomic E-state index is -1.03. The fraction of sp³-hybridized carbons (Fsp3) is 0.357. The van der Waals surface area contributed by atoms with Crippen LogP contribution in [0.2, 0.25) is 0 Å². The monoisotopic (exact) mass is 277 g/mol. The molecule has 0 saturated carbocycles. The van der Waals surface area contributed by atoms with Gasteiger partial charge in [-0.05, 0) is 18.4 Å². The molecule has 0 unspecified atom stereocenters. The Labute approximate surface area is 117 Å². The van der Waals surface area contributed by atoms with E-state index in [0.29, 0.717) is 30.7 Å². The van der Waals surface area contributed by atoms with Gasteiger partial charge in [0.05, 0.1) is 0 Å². The molecule has 0 spiro atoms. The van der Waals surface area contributed by atoms with E-state index in [2.05, 4.69) is 0 Å². The van der Waals surface area contributed by atoms with Crippen LogP contribution in [-0.4, -0.2) is 39.3 Å². The summed E-state index contributed by atoms with van der Waals surface area (Å²) in [5.41, 5.74) is 1.07. The van der Waals surface area contributed by atoms with Gasteiger partial charge in [-0.15, -0.1) is 0 Å². The summed E-state index contributed by atoms with van der Waals surface area (Å²) in [7, 11) is 0. The molecule has 1 aromatic rings. The van der Waals surface area contributed by atoms with E-state index in [9.17, 15) is 9.59 Å². The quantitative estimate of drug-likeness (QED) is 0.851. The normalized spacial score (nSPS) is 18.6. The molecule has 100 valence electrons. The first-order valence-corrected chi connectivity index (χ1v) is 6.59. The molecule has 1 aromatic carbocycles. The van der Waals surface area contributed by atoms with Crippen molar-refractivity contribution in [3.63, 3.8) is 0 Å². The van der Waals surface area contributed by atoms with Gasteiger partial charge in [0, 0.05) is 17.8 Å². The summed E-state index contributed by atoms with van der Waals surface area (Å²) in [6, 6.07) is 8.76. The number of benzene rings is 1. The van der Waals surface area contributed by atoms with E-state index in [1.54, 1.807) is 0 Å². The molecule has 1 aliphatic heterocycles. The highest BCUT2D eigenvalue weighted by Gasteiger charge is 2.37. The van der Waals surface area contributed by atoms with Crippen LogP contribution in [0.1, 0.15) is 18.4 Å². The average Bonchev–Trinajstić information content (AvgIpc) is 2.79. The minimum absolute atomic E-state index is 0.142. The number of rotatable bonds is 4. The second-order valence-electron chi connectivity index (χ2n) is 4.53. The van der Waals surface area contributed by atoms with Crippen molar-refractivity contribution in [2.24, 2.45) is 0 Å². The summed E-state index contributed by atoms with van der Waals surface area (Å²) in [6.07, 6.45) is 1.44. The standard InChI is InChI=1S/C14H15NO3S/c16-12(7-6-10-4-2-1-3-5-10)15-9-8-11(19)13(15)14(17)18/h1-5,13H,6-9H2,(H,17,18)/t13-/m0/s1. The van der Waals surface area contributed by atoms with E-state index in [4.69, 9.17) is 17.3 Å². The smallest absolute Gasteiger partial charge is 0.331 e. The third kappa shape index (κ3) is 3.17. The molecule has 19 heavy (non-hydrogen) atoms. The largest absolute Gasteiger partial charge is 0.479 e. The first kappa shape index (κ1) is 13.7. The lowest BCUT2D eigenvalue weighted by atomic mass is 10.1.